The quantitative estimate of drug-likeness (QED) is 0.574. The number of nitrogens with one attached hydrogen (secondary N) is 1. The number of nitrogens with zero attached hydrogens (tertiary/aromatic N) is 2. The Bertz CT molecular complexity index is 916. The lowest BCUT2D eigenvalue weighted by molar-refractivity contribution is -0.137. The summed E-state index contributed by atoms with van der Waals surface area (Å²) in [5.41, 5.74) is -1.19. The van der Waals surface area contributed by atoms with Crippen LogP contribution in [0.1, 0.15) is 21.7 Å². The summed E-state index contributed by atoms with van der Waals surface area (Å²) >= 11 is 1.20. The van der Waals surface area contributed by atoms with Crippen LogP contribution < -0.4 is 5.32 Å². The van der Waals surface area contributed by atoms with E-state index in [0.717, 1.165) is 6.07 Å². The predicted octanol–water partition coefficient (Wildman–Crippen LogP) is 3.12. The van der Waals surface area contributed by atoms with Crippen molar-refractivity contribution in [1.82, 2.24) is 9.80 Å². The van der Waals surface area contributed by atoms with E-state index in [2.05, 4.69) is 5.32 Å². The first-order chi connectivity index (χ1) is 14.3. The van der Waals surface area contributed by atoms with Crippen molar-refractivity contribution in [2.75, 3.05) is 38.0 Å². The van der Waals surface area contributed by atoms with Gasteiger partial charge >= 0.3 is 6.18 Å². The van der Waals surface area contributed by atoms with E-state index in [9.17, 15) is 27.6 Å². The minimum atomic E-state index is -4.57. The zero-order valence-corrected chi connectivity index (χ0v) is 16.8. The van der Waals surface area contributed by atoms with Gasteiger partial charge in [-0.3, -0.25) is 19.3 Å². The lowest BCUT2D eigenvalue weighted by Crippen LogP contribution is -2.40. The van der Waals surface area contributed by atoms with Gasteiger partial charge < -0.3 is 10.2 Å². The Labute approximate surface area is 175 Å². The van der Waals surface area contributed by atoms with Crippen LogP contribution in [0.2, 0.25) is 0 Å². The maximum absolute atomic E-state index is 13.1. The van der Waals surface area contributed by atoms with E-state index in [1.807, 2.05) is 0 Å². The summed E-state index contributed by atoms with van der Waals surface area (Å²) in [5, 5.41) is 4.04. The molecule has 3 rings (SSSR count). The van der Waals surface area contributed by atoms with Gasteiger partial charge in [0.15, 0.2) is 0 Å². The number of benzene rings is 1. The summed E-state index contributed by atoms with van der Waals surface area (Å²) in [5.74, 6) is -1.70. The smallest absolute Gasteiger partial charge is 0.334 e. The first-order valence-corrected chi connectivity index (χ1v) is 10.2. The molecule has 0 atom stereocenters. The number of para-hydroxylation sites is 1. The summed E-state index contributed by atoms with van der Waals surface area (Å²) in [6.45, 7) is 1.38. The minimum Gasteiger partial charge on any atom is -0.334 e. The van der Waals surface area contributed by atoms with Crippen molar-refractivity contribution < 1.29 is 27.6 Å². The summed E-state index contributed by atoms with van der Waals surface area (Å²) in [6.07, 6.45) is -4.02. The van der Waals surface area contributed by atoms with Crippen molar-refractivity contribution in [1.29, 1.82) is 0 Å². The zero-order valence-electron chi connectivity index (χ0n) is 15.9. The molecule has 2 aromatic rings. The molecule has 30 heavy (non-hydrogen) atoms. The number of hydrogen-bond donors (Lipinski definition) is 1. The van der Waals surface area contributed by atoms with E-state index >= 15 is 0 Å². The number of rotatable bonds is 5. The molecule has 0 bridgehead atoms. The van der Waals surface area contributed by atoms with E-state index < -0.39 is 29.3 Å². The van der Waals surface area contributed by atoms with Crippen LogP contribution in [0.25, 0.3) is 0 Å². The molecule has 1 saturated heterocycles. The lowest BCUT2D eigenvalue weighted by Gasteiger charge is -2.21. The highest BCUT2D eigenvalue weighted by molar-refractivity contribution is 7.13. The molecule has 160 valence electrons. The van der Waals surface area contributed by atoms with Gasteiger partial charge in [-0.1, -0.05) is 18.2 Å². The molecule has 1 aromatic carbocycles. The Kier molecular flexibility index (Phi) is 6.88. The third kappa shape index (κ3) is 5.45. The Morgan fingerprint density at radius 1 is 1.00 bits per heavy atom. The molecule has 2 heterocycles. The van der Waals surface area contributed by atoms with E-state index in [0.29, 0.717) is 30.9 Å². The molecule has 0 radical (unpaired) electrons. The third-order valence-corrected chi connectivity index (χ3v) is 5.56. The van der Waals surface area contributed by atoms with Crippen LogP contribution in [-0.4, -0.2) is 60.1 Å². The average molecular weight is 439 g/mol. The number of amides is 2. The third-order valence-electron chi connectivity index (χ3n) is 4.69. The Morgan fingerprint density at radius 3 is 2.47 bits per heavy atom. The number of ketones is 1. The van der Waals surface area contributed by atoms with Crippen LogP contribution in [0.4, 0.5) is 18.9 Å². The second-order valence-corrected chi connectivity index (χ2v) is 7.77. The van der Waals surface area contributed by atoms with Crippen LogP contribution in [0.15, 0.2) is 41.8 Å². The fourth-order valence-electron chi connectivity index (χ4n) is 3.22. The van der Waals surface area contributed by atoms with Crippen LogP contribution >= 0.6 is 11.3 Å². The van der Waals surface area contributed by atoms with Gasteiger partial charge in [-0.2, -0.15) is 13.2 Å². The van der Waals surface area contributed by atoms with Crippen LogP contribution in [-0.2, 0) is 15.8 Å². The van der Waals surface area contributed by atoms with Crippen molar-refractivity contribution in [3.8, 4) is 0 Å². The fraction of sp³-hybridized carbons (Fsp3) is 0.350. The highest BCUT2D eigenvalue weighted by atomic mass is 32.1. The number of halogens is 3. The summed E-state index contributed by atoms with van der Waals surface area (Å²) in [4.78, 5) is 40.6. The average Bonchev–Trinajstić information content (AvgIpc) is 3.14. The Balaban J connectivity index is 1.56. The summed E-state index contributed by atoms with van der Waals surface area (Å²) < 4.78 is 39.2. The van der Waals surface area contributed by atoms with Gasteiger partial charge in [-0.15, -0.1) is 11.3 Å². The van der Waals surface area contributed by atoms with Gasteiger partial charge in [0.25, 0.3) is 11.7 Å². The number of thiophene rings is 1. The number of anilines is 1. The lowest BCUT2D eigenvalue weighted by atomic mass is 10.1. The first-order valence-electron chi connectivity index (χ1n) is 9.31. The molecular formula is C20H20F3N3O3S. The number of carbonyl (C=O) groups excluding carboxylic acids is 3. The van der Waals surface area contributed by atoms with Gasteiger partial charge in [0.2, 0.25) is 5.91 Å². The van der Waals surface area contributed by atoms with Crippen molar-refractivity contribution in [2.24, 2.45) is 0 Å². The molecule has 6 nitrogen and oxygen atoms in total. The van der Waals surface area contributed by atoms with Gasteiger partial charge in [0.05, 0.1) is 22.7 Å². The molecule has 1 aromatic heterocycles. The second kappa shape index (κ2) is 9.40. The zero-order chi connectivity index (χ0) is 21.7. The Morgan fingerprint density at radius 2 is 1.77 bits per heavy atom. The fourth-order valence-corrected chi connectivity index (χ4v) is 3.88. The topological polar surface area (TPSA) is 69.7 Å². The van der Waals surface area contributed by atoms with E-state index in [1.54, 1.807) is 22.4 Å². The van der Waals surface area contributed by atoms with Crippen molar-refractivity contribution in [3.05, 3.63) is 52.2 Å². The first kappa shape index (κ1) is 22.0. The maximum atomic E-state index is 13.1. The predicted molar refractivity (Wildman–Crippen MR) is 106 cm³/mol. The monoisotopic (exact) mass is 439 g/mol. The molecule has 2 amide bonds. The molecule has 1 aliphatic heterocycles. The SMILES string of the molecule is O=C(CN1CCCN(C(=O)C(=O)c2cccs2)CC1)Nc1ccccc1C(F)(F)F. The van der Waals surface area contributed by atoms with Gasteiger partial charge in [-0.25, -0.2) is 0 Å². The molecule has 10 heteroatoms. The molecule has 1 N–H and O–H groups in total. The molecule has 1 fully saturated rings. The highest BCUT2D eigenvalue weighted by Crippen LogP contribution is 2.34. The molecule has 0 aliphatic carbocycles. The standard InChI is InChI=1S/C20H20F3N3O3S/c21-20(22,23)14-5-1-2-6-15(14)24-17(27)13-25-8-4-9-26(11-10-25)19(29)18(28)16-7-3-12-30-16/h1-3,5-7,12H,4,8-11,13H2,(H,24,27). The van der Waals surface area contributed by atoms with Crippen LogP contribution in [0.3, 0.4) is 0 Å². The highest BCUT2D eigenvalue weighted by Gasteiger charge is 2.33. The van der Waals surface area contributed by atoms with Crippen LogP contribution in [0, 0.1) is 0 Å². The van der Waals surface area contributed by atoms with E-state index in [4.69, 9.17) is 0 Å². The molecule has 0 saturated carbocycles. The molecular weight excluding hydrogens is 419 g/mol. The van der Waals surface area contributed by atoms with Crippen molar-refractivity contribution in [2.45, 2.75) is 12.6 Å². The van der Waals surface area contributed by atoms with Crippen molar-refractivity contribution in [3.63, 3.8) is 0 Å². The van der Waals surface area contributed by atoms with Gasteiger partial charge in [0, 0.05) is 26.2 Å². The number of Topliss-reactive ketones (excluding diaryl/α,β-unsaturated/α-hetero) is 1. The summed E-state index contributed by atoms with van der Waals surface area (Å²) in [6, 6.07) is 8.10. The molecule has 1 aliphatic rings. The number of alkyl halides is 3. The largest absolute Gasteiger partial charge is 0.418 e. The minimum absolute atomic E-state index is 0.104. The molecule has 0 unspecified atom stereocenters. The van der Waals surface area contributed by atoms with Crippen molar-refractivity contribution >= 4 is 34.6 Å². The van der Waals surface area contributed by atoms with Gasteiger partial charge in [-0.05, 0) is 30.0 Å². The van der Waals surface area contributed by atoms with Crippen LogP contribution in [0.5, 0.6) is 0 Å². The molecule has 0 spiro atoms. The Hall–Kier alpha value is -2.72. The van der Waals surface area contributed by atoms with E-state index in [-0.39, 0.29) is 18.8 Å². The van der Waals surface area contributed by atoms with E-state index in [1.165, 1.54) is 34.4 Å². The summed E-state index contributed by atoms with van der Waals surface area (Å²) in [7, 11) is 0. The number of hydrogen-bond acceptors (Lipinski definition) is 5. The second-order valence-electron chi connectivity index (χ2n) is 6.82. The van der Waals surface area contributed by atoms with Gasteiger partial charge in [0.1, 0.15) is 0 Å². The number of carbonyl (C=O) groups is 3. The normalized spacial score (nSPS) is 15.5. The maximum Gasteiger partial charge on any atom is 0.418 e.